The van der Waals surface area contributed by atoms with Crippen molar-refractivity contribution >= 4 is 16.9 Å². The number of amidine groups is 1. The zero-order valence-electron chi connectivity index (χ0n) is 10.6. The summed E-state index contributed by atoms with van der Waals surface area (Å²) in [5.74, 6) is 1.14. The summed E-state index contributed by atoms with van der Waals surface area (Å²) < 4.78 is 5.71. The predicted octanol–water partition coefficient (Wildman–Crippen LogP) is 2.27. The third-order valence-electron chi connectivity index (χ3n) is 3.61. The topological polar surface area (TPSA) is 33.6 Å². The van der Waals surface area contributed by atoms with E-state index in [-0.39, 0.29) is 5.41 Å². The molecule has 2 rings (SSSR count). The molecule has 1 aliphatic heterocycles. The van der Waals surface area contributed by atoms with Crippen molar-refractivity contribution in [2.45, 2.75) is 52.3 Å². The van der Waals surface area contributed by atoms with Crippen molar-refractivity contribution in [2.24, 2.45) is 10.4 Å². The molecule has 0 aromatic rings. The zero-order valence-corrected chi connectivity index (χ0v) is 11.4. The Morgan fingerprint density at radius 2 is 2.31 bits per heavy atom. The van der Waals surface area contributed by atoms with Gasteiger partial charge in [0.2, 0.25) is 0 Å². The number of nitrogens with one attached hydrogen (secondary N) is 1. The van der Waals surface area contributed by atoms with Crippen molar-refractivity contribution in [3.05, 3.63) is 0 Å². The first kappa shape index (κ1) is 12.2. The van der Waals surface area contributed by atoms with Gasteiger partial charge in [0.05, 0.1) is 12.1 Å². The first-order valence-corrected chi connectivity index (χ1v) is 7.11. The highest BCUT2D eigenvalue weighted by molar-refractivity contribution is 8.14. The van der Waals surface area contributed by atoms with Crippen LogP contribution in [0.3, 0.4) is 0 Å². The van der Waals surface area contributed by atoms with E-state index < -0.39 is 0 Å². The Balaban J connectivity index is 1.93. The lowest BCUT2D eigenvalue weighted by molar-refractivity contribution is -0.103. The number of hydrogen-bond donors (Lipinski definition) is 1. The summed E-state index contributed by atoms with van der Waals surface area (Å²) >= 11 is 1.84. The van der Waals surface area contributed by atoms with Crippen LogP contribution in [0.5, 0.6) is 0 Å². The van der Waals surface area contributed by atoms with Crippen LogP contribution in [0.25, 0.3) is 0 Å². The molecule has 3 unspecified atom stereocenters. The second kappa shape index (κ2) is 4.57. The molecule has 92 valence electrons. The lowest BCUT2D eigenvalue weighted by atomic mass is 9.65. The lowest BCUT2D eigenvalue weighted by Gasteiger charge is -2.49. The minimum atomic E-state index is 0.192. The van der Waals surface area contributed by atoms with Crippen molar-refractivity contribution in [3.8, 4) is 0 Å². The van der Waals surface area contributed by atoms with Crippen LogP contribution in [0.1, 0.15) is 34.1 Å². The molecule has 1 N–H and O–H groups in total. The molecular formula is C12H22N2OS. The van der Waals surface area contributed by atoms with Crippen LogP contribution >= 0.6 is 11.8 Å². The van der Waals surface area contributed by atoms with Crippen LogP contribution < -0.4 is 5.32 Å². The minimum absolute atomic E-state index is 0.192. The molecule has 1 heterocycles. The van der Waals surface area contributed by atoms with Crippen LogP contribution in [-0.2, 0) is 4.74 Å². The fourth-order valence-electron chi connectivity index (χ4n) is 2.28. The van der Waals surface area contributed by atoms with Gasteiger partial charge in [-0.3, -0.25) is 4.99 Å². The van der Waals surface area contributed by atoms with Gasteiger partial charge in [0, 0.05) is 23.8 Å². The summed E-state index contributed by atoms with van der Waals surface area (Å²) in [5.41, 5.74) is 0.192. The van der Waals surface area contributed by atoms with Gasteiger partial charge in [-0.1, -0.05) is 25.6 Å². The Hall–Kier alpha value is -0.220. The monoisotopic (exact) mass is 242 g/mol. The maximum Gasteiger partial charge on any atom is 0.157 e. The maximum absolute atomic E-state index is 5.71. The third-order valence-corrected chi connectivity index (χ3v) is 4.77. The van der Waals surface area contributed by atoms with E-state index in [1.165, 1.54) is 0 Å². The van der Waals surface area contributed by atoms with E-state index in [0.29, 0.717) is 18.2 Å². The van der Waals surface area contributed by atoms with Gasteiger partial charge in [0.15, 0.2) is 5.17 Å². The Kier molecular flexibility index (Phi) is 3.50. The van der Waals surface area contributed by atoms with Crippen LogP contribution in [0.4, 0.5) is 0 Å². The van der Waals surface area contributed by atoms with Gasteiger partial charge in [0.1, 0.15) is 0 Å². The van der Waals surface area contributed by atoms with Crippen molar-refractivity contribution in [1.29, 1.82) is 0 Å². The van der Waals surface area contributed by atoms with Crippen LogP contribution in [0, 0.1) is 5.41 Å². The summed E-state index contributed by atoms with van der Waals surface area (Å²) in [4.78, 5) is 4.81. The van der Waals surface area contributed by atoms with Crippen LogP contribution in [-0.4, -0.2) is 35.7 Å². The third kappa shape index (κ3) is 2.23. The molecule has 1 saturated heterocycles. The first-order chi connectivity index (χ1) is 7.54. The van der Waals surface area contributed by atoms with Crippen molar-refractivity contribution in [1.82, 2.24) is 5.32 Å². The second-order valence-electron chi connectivity index (χ2n) is 5.31. The number of rotatable bonds is 3. The number of aliphatic imine (C=N–C) groups is 1. The lowest BCUT2D eigenvalue weighted by Crippen LogP contribution is -2.54. The fourth-order valence-corrected chi connectivity index (χ4v) is 3.26. The Labute approximate surface area is 102 Å². The number of ether oxygens (including phenoxy) is 1. The van der Waals surface area contributed by atoms with E-state index in [1.807, 2.05) is 11.8 Å². The minimum Gasteiger partial charge on any atom is -0.378 e. The largest absolute Gasteiger partial charge is 0.378 e. The average Bonchev–Trinajstić information content (AvgIpc) is 2.63. The first-order valence-electron chi connectivity index (χ1n) is 6.12. The predicted molar refractivity (Wildman–Crippen MR) is 70.1 cm³/mol. The summed E-state index contributed by atoms with van der Waals surface area (Å²) in [5, 5.41) is 4.54. The van der Waals surface area contributed by atoms with E-state index in [4.69, 9.17) is 9.73 Å². The maximum atomic E-state index is 5.71. The van der Waals surface area contributed by atoms with Gasteiger partial charge in [-0.25, -0.2) is 0 Å². The van der Waals surface area contributed by atoms with Gasteiger partial charge in [-0.2, -0.15) is 0 Å². The fraction of sp³-hybridized carbons (Fsp3) is 0.917. The van der Waals surface area contributed by atoms with E-state index in [1.54, 1.807) is 0 Å². The van der Waals surface area contributed by atoms with Gasteiger partial charge in [-0.05, 0) is 20.3 Å². The molecule has 3 nitrogen and oxygen atoms in total. The van der Waals surface area contributed by atoms with Crippen molar-refractivity contribution in [2.75, 3.05) is 12.4 Å². The molecule has 1 aliphatic carbocycles. The second-order valence-corrected chi connectivity index (χ2v) is 6.32. The normalized spacial score (nSPS) is 39.5. The molecule has 2 fully saturated rings. The number of hydrogen-bond acceptors (Lipinski definition) is 3. The van der Waals surface area contributed by atoms with Crippen LogP contribution in [0.2, 0.25) is 0 Å². The highest BCUT2D eigenvalue weighted by atomic mass is 32.2. The average molecular weight is 242 g/mol. The van der Waals surface area contributed by atoms with E-state index in [9.17, 15) is 0 Å². The molecule has 0 spiro atoms. The molecule has 0 aromatic carbocycles. The Bertz CT molecular complexity index is 291. The molecule has 3 atom stereocenters. The van der Waals surface area contributed by atoms with Crippen LogP contribution in [0.15, 0.2) is 4.99 Å². The smallest absolute Gasteiger partial charge is 0.157 e. The summed E-state index contributed by atoms with van der Waals surface area (Å²) in [7, 11) is 0. The number of thioether (sulfide) groups is 1. The molecule has 0 aromatic heterocycles. The number of nitrogens with zero attached hydrogens (tertiary/aromatic N) is 1. The van der Waals surface area contributed by atoms with Gasteiger partial charge in [-0.15, -0.1) is 0 Å². The highest BCUT2D eigenvalue weighted by Gasteiger charge is 2.49. The van der Waals surface area contributed by atoms with E-state index in [0.717, 1.165) is 23.9 Å². The van der Waals surface area contributed by atoms with Crippen molar-refractivity contribution in [3.63, 3.8) is 0 Å². The molecular weight excluding hydrogens is 220 g/mol. The van der Waals surface area contributed by atoms with E-state index in [2.05, 4.69) is 33.0 Å². The zero-order chi connectivity index (χ0) is 11.8. The standard InChI is InChI=1S/C12H22N2OS/c1-5-15-10-6-9(12(10,3)4)14-11-13-8(2)7-16-11/h8-10H,5-7H2,1-4H3,(H,13,14). The molecule has 0 bridgehead atoms. The highest BCUT2D eigenvalue weighted by Crippen LogP contribution is 2.45. The Morgan fingerprint density at radius 1 is 1.56 bits per heavy atom. The molecule has 0 amide bonds. The van der Waals surface area contributed by atoms with Gasteiger partial charge < -0.3 is 10.1 Å². The molecule has 0 radical (unpaired) electrons. The van der Waals surface area contributed by atoms with E-state index >= 15 is 0 Å². The molecule has 16 heavy (non-hydrogen) atoms. The molecule has 4 heteroatoms. The molecule has 2 aliphatic rings. The summed E-state index contributed by atoms with van der Waals surface area (Å²) in [6.07, 6.45) is 1.46. The van der Waals surface area contributed by atoms with Crippen molar-refractivity contribution < 1.29 is 4.74 Å². The quantitative estimate of drug-likeness (QED) is 0.824. The molecule has 1 saturated carbocycles. The SMILES string of the molecule is CCOC1CC(N=C2NC(C)CS2)C1(C)C. The summed E-state index contributed by atoms with van der Waals surface area (Å²) in [6.45, 7) is 9.58. The Morgan fingerprint density at radius 3 is 2.81 bits per heavy atom. The van der Waals surface area contributed by atoms with Gasteiger partial charge in [0.25, 0.3) is 0 Å². The van der Waals surface area contributed by atoms with Gasteiger partial charge >= 0.3 is 0 Å². The summed E-state index contributed by atoms with van der Waals surface area (Å²) in [6, 6.07) is 0.985.